The summed E-state index contributed by atoms with van der Waals surface area (Å²) >= 11 is 4.89. The van der Waals surface area contributed by atoms with Crippen molar-refractivity contribution in [2.24, 2.45) is 0 Å². The van der Waals surface area contributed by atoms with E-state index in [1.807, 2.05) is 60.0 Å². The monoisotopic (exact) mass is 463 g/mol. The number of rotatable bonds is 4. The summed E-state index contributed by atoms with van der Waals surface area (Å²) in [7, 11) is 0. The van der Waals surface area contributed by atoms with Crippen molar-refractivity contribution in [2.45, 2.75) is 0 Å². The van der Waals surface area contributed by atoms with Crippen molar-refractivity contribution in [3.8, 4) is 22.0 Å². The molecule has 0 saturated carbocycles. The number of nitrogens with zero attached hydrogens (tertiary/aromatic N) is 4. The smallest absolute Gasteiger partial charge is 0.454 e. The molecule has 7 nitrogen and oxygen atoms in total. The molecule has 3 aromatic heterocycles. The summed E-state index contributed by atoms with van der Waals surface area (Å²) in [6, 6.07) is 17.5. The Hall–Kier alpha value is -3.48. The van der Waals surface area contributed by atoms with Gasteiger partial charge < -0.3 is 9.73 Å². The van der Waals surface area contributed by atoms with Gasteiger partial charge in [0.15, 0.2) is 17.1 Å². The lowest BCUT2D eigenvalue weighted by molar-refractivity contribution is 0.629. The zero-order chi connectivity index (χ0) is 19.8. The predicted octanol–water partition coefficient (Wildman–Crippen LogP) is 6.94. The molecular formula is C20H12BrN6OS+. The molecule has 5 rings (SSSR count). The van der Waals surface area contributed by atoms with Crippen LogP contribution in [0.2, 0.25) is 0 Å². The minimum Gasteiger partial charge on any atom is -0.454 e. The molecule has 0 saturated heterocycles. The van der Waals surface area contributed by atoms with Crippen LogP contribution in [0.1, 0.15) is 0 Å². The Morgan fingerprint density at radius 2 is 2.00 bits per heavy atom. The largest absolute Gasteiger partial charge is 0.500 e. The van der Waals surface area contributed by atoms with Gasteiger partial charge in [-0.1, -0.05) is 34.1 Å². The number of aromatic amines is 1. The van der Waals surface area contributed by atoms with Crippen molar-refractivity contribution in [2.75, 3.05) is 5.32 Å². The molecular weight excluding hydrogens is 452 g/mol. The van der Waals surface area contributed by atoms with Crippen molar-refractivity contribution in [3.05, 3.63) is 69.4 Å². The first-order chi connectivity index (χ1) is 14.2. The molecule has 0 atom stereocenters. The summed E-state index contributed by atoms with van der Waals surface area (Å²) in [5.74, 6) is 1.43. The molecule has 5 aromatic rings. The molecule has 0 radical (unpaired) electrons. The van der Waals surface area contributed by atoms with Gasteiger partial charge in [0.25, 0.3) is 0 Å². The van der Waals surface area contributed by atoms with E-state index in [0.29, 0.717) is 27.8 Å². The highest BCUT2D eigenvalue weighted by atomic mass is 79.9. The van der Waals surface area contributed by atoms with Gasteiger partial charge in [0.1, 0.15) is 16.3 Å². The second kappa shape index (κ2) is 7.16. The Balaban J connectivity index is 1.54. The molecule has 0 bridgehead atoms. The number of benzene rings is 2. The summed E-state index contributed by atoms with van der Waals surface area (Å²) < 4.78 is 6.92. The first-order valence-corrected chi connectivity index (χ1v) is 10.3. The maximum Gasteiger partial charge on any atom is 0.500 e. The van der Waals surface area contributed by atoms with Crippen LogP contribution in [0.4, 0.5) is 17.3 Å². The molecule has 0 aliphatic rings. The Morgan fingerprint density at radius 1 is 1.14 bits per heavy atom. The van der Waals surface area contributed by atoms with Crippen molar-refractivity contribution < 1.29 is 4.42 Å². The van der Waals surface area contributed by atoms with E-state index < -0.39 is 0 Å². The van der Waals surface area contributed by atoms with E-state index in [0.717, 1.165) is 21.1 Å². The number of halogens is 1. The van der Waals surface area contributed by atoms with E-state index in [-0.39, 0.29) is 5.82 Å². The normalized spacial score (nSPS) is 10.9. The lowest BCUT2D eigenvalue weighted by Crippen LogP contribution is -1.92. The van der Waals surface area contributed by atoms with Gasteiger partial charge in [-0.05, 0) is 36.4 Å². The zero-order valence-electron chi connectivity index (χ0n) is 14.8. The summed E-state index contributed by atoms with van der Waals surface area (Å²) in [5, 5.41) is 23.1. The highest BCUT2D eigenvalue weighted by molar-refractivity contribution is 9.10. The number of diazo groups is 1. The second-order valence-electron chi connectivity index (χ2n) is 6.22. The van der Waals surface area contributed by atoms with Crippen LogP contribution in [-0.2, 0) is 0 Å². The number of fused-ring (bicyclic) bond motifs is 1. The average molecular weight is 464 g/mol. The van der Waals surface area contributed by atoms with Gasteiger partial charge in [-0.15, -0.1) is 11.3 Å². The van der Waals surface area contributed by atoms with Crippen LogP contribution >= 0.6 is 27.3 Å². The topological polar surface area (TPSA) is 94.9 Å². The molecule has 0 fully saturated rings. The van der Waals surface area contributed by atoms with Crippen molar-refractivity contribution in [1.29, 1.82) is 5.39 Å². The van der Waals surface area contributed by atoms with Crippen LogP contribution in [0.25, 0.3) is 38.0 Å². The van der Waals surface area contributed by atoms with Gasteiger partial charge in [0.05, 0.1) is 10.5 Å². The maximum atomic E-state index is 9.37. The number of anilines is 2. The number of thiazole rings is 1. The fourth-order valence-corrected chi connectivity index (χ4v) is 4.24. The van der Waals surface area contributed by atoms with Crippen LogP contribution in [0.3, 0.4) is 0 Å². The van der Waals surface area contributed by atoms with Gasteiger partial charge in [-0.25, -0.2) is 4.98 Å². The fourth-order valence-electron chi connectivity index (χ4n) is 3.01. The SMILES string of the molecule is N#[N+]c1n[nH]c(Nc2ccccc2)c1-c1nc(-c2cc3cc(Br)ccc3o2)cs1. The van der Waals surface area contributed by atoms with Gasteiger partial charge in [0.2, 0.25) is 0 Å². The first kappa shape index (κ1) is 17.6. The molecule has 9 heteroatoms. The summed E-state index contributed by atoms with van der Waals surface area (Å²) in [4.78, 5) is 7.98. The molecule has 29 heavy (non-hydrogen) atoms. The van der Waals surface area contributed by atoms with Gasteiger partial charge in [-0.2, -0.15) is 5.10 Å². The first-order valence-electron chi connectivity index (χ1n) is 8.62. The Kier molecular flexibility index (Phi) is 4.35. The van der Waals surface area contributed by atoms with E-state index in [1.165, 1.54) is 11.3 Å². The van der Waals surface area contributed by atoms with Gasteiger partial charge in [-0.3, -0.25) is 0 Å². The molecule has 0 aliphatic carbocycles. The molecule has 140 valence electrons. The lowest BCUT2D eigenvalue weighted by Gasteiger charge is -2.02. The molecule has 0 aliphatic heterocycles. The van der Waals surface area contributed by atoms with Crippen LogP contribution in [0.15, 0.2) is 68.9 Å². The number of aromatic nitrogens is 3. The van der Waals surface area contributed by atoms with Crippen molar-refractivity contribution >= 4 is 55.6 Å². The van der Waals surface area contributed by atoms with Crippen molar-refractivity contribution in [3.63, 3.8) is 0 Å². The van der Waals surface area contributed by atoms with E-state index in [4.69, 9.17) is 9.40 Å². The quantitative estimate of drug-likeness (QED) is 0.281. The molecule has 3 heterocycles. The van der Waals surface area contributed by atoms with E-state index in [2.05, 4.69) is 36.4 Å². The predicted molar refractivity (Wildman–Crippen MR) is 117 cm³/mol. The minimum absolute atomic E-state index is 0.165. The fraction of sp³-hybridized carbons (Fsp3) is 0. The van der Waals surface area contributed by atoms with Crippen molar-refractivity contribution in [1.82, 2.24) is 15.2 Å². The molecule has 2 aromatic carbocycles. The number of hydrogen-bond acceptors (Lipinski definition) is 6. The third-order valence-electron chi connectivity index (χ3n) is 4.33. The summed E-state index contributed by atoms with van der Waals surface area (Å²) in [6.07, 6.45) is 0. The third-order valence-corrected chi connectivity index (χ3v) is 5.69. The van der Waals surface area contributed by atoms with E-state index in [9.17, 15) is 5.39 Å². The van der Waals surface area contributed by atoms with Crippen LogP contribution < -0.4 is 5.32 Å². The molecule has 0 amide bonds. The third kappa shape index (κ3) is 3.29. The summed E-state index contributed by atoms with van der Waals surface area (Å²) in [6.45, 7) is 0. The zero-order valence-corrected chi connectivity index (χ0v) is 17.2. The summed E-state index contributed by atoms with van der Waals surface area (Å²) in [5.41, 5.74) is 2.96. The van der Waals surface area contributed by atoms with Crippen LogP contribution in [0.5, 0.6) is 0 Å². The number of hydrogen-bond donors (Lipinski definition) is 2. The van der Waals surface area contributed by atoms with Gasteiger partial charge in [0, 0.05) is 25.9 Å². The average Bonchev–Trinajstić information content (AvgIpc) is 3.45. The number of H-pyrrole nitrogens is 1. The molecule has 0 unspecified atom stereocenters. The highest BCUT2D eigenvalue weighted by Gasteiger charge is 2.28. The van der Waals surface area contributed by atoms with E-state index in [1.54, 1.807) is 0 Å². The lowest BCUT2D eigenvalue weighted by atomic mass is 10.2. The minimum atomic E-state index is 0.165. The van der Waals surface area contributed by atoms with Crippen LogP contribution in [-0.4, -0.2) is 15.2 Å². The maximum absolute atomic E-state index is 9.37. The second-order valence-corrected chi connectivity index (χ2v) is 7.99. The number of para-hydroxylation sites is 1. The van der Waals surface area contributed by atoms with Crippen LogP contribution in [0, 0.1) is 5.39 Å². The molecule has 0 spiro atoms. The molecule has 2 N–H and O–H groups in total. The Bertz CT molecular complexity index is 1360. The Morgan fingerprint density at radius 3 is 2.83 bits per heavy atom. The number of furan rings is 1. The van der Waals surface area contributed by atoms with E-state index >= 15 is 0 Å². The number of nitrogens with one attached hydrogen (secondary N) is 2. The Labute approximate surface area is 177 Å². The van der Waals surface area contributed by atoms with Gasteiger partial charge >= 0.3 is 5.82 Å². The standard InChI is InChI=1S/C20H11BrN6OS/c21-12-6-7-15-11(8-12)9-16(28-15)14-10-29-20(24-14)17-18(26-27-19(17)25-22)23-13-4-2-1-3-5-13/h1-10,22H/p+1. The highest BCUT2D eigenvalue weighted by Crippen LogP contribution is 2.40.